The number of rotatable bonds is 4. The predicted molar refractivity (Wildman–Crippen MR) is 88.5 cm³/mol. The standard InChI is InChI=1S/C18H25NO4/c1-5-6-11-18(12-20)13-9-7-8-10-14(13)19(15(18)21)16(22)23-17(2,3)4/h7-10,20H,5-6,11-12H2,1-4H3/t18-/m1/s1. The first-order valence-electron chi connectivity index (χ1n) is 8.05. The van der Waals surface area contributed by atoms with Crippen molar-refractivity contribution in [3.63, 3.8) is 0 Å². The molecule has 0 aromatic heterocycles. The molecule has 0 aliphatic carbocycles. The number of unbranched alkanes of at least 4 members (excludes halogenated alkanes) is 1. The van der Waals surface area contributed by atoms with Gasteiger partial charge in [-0.3, -0.25) is 4.79 Å². The highest BCUT2D eigenvalue weighted by molar-refractivity contribution is 6.21. The molecule has 0 spiro atoms. The molecule has 0 bridgehead atoms. The van der Waals surface area contributed by atoms with Crippen molar-refractivity contribution in [1.29, 1.82) is 0 Å². The van der Waals surface area contributed by atoms with Crippen LogP contribution < -0.4 is 4.90 Å². The second-order valence-corrected chi connectivity index (χ2v) is 6.98. The van der Waals surface area contributed by atoms with E-state index in [-0.39, 0.29) is 6.61 Å². The Morgan fingerprint density at radius 2 is 1.96 bits per heavy atom. The largest absolute Gasteiger partial charge is 0.443 e. The zero-order valence-corrected chi connectivity index (χ0v) is 14.3. The van der Waals surface area contributed by atoms with E-state index in [0.29, 0.717) is 17.7 Å². The van der Waals surface area contributed by atoms with Gasteiger partial charge in [-0.15, -0.1) is 0 Å². The van der Waals surface area contributed by atoms with Crippen molar-refractivity contribution < 1.29 is 19.4 Å². The third-order valence-corrected chi connectivity index (χ3v) is 4.08. The molecule has 1 N–H and O–H groups in total. The first-order chi connectivity index (χ1) is 10.8. The maximum atomic E-state index is 13.0. The summed E-state index contributed by atoms with van der Waals surface area (Å²) in [5.74, 6) is -0.399. The summed E-state index contributed by atoms with van der Waals surface area (Å²) >= 11 is 0. The number of carbonyl (C=O) groups excluding carboxylic acids is 2. The fraction of sp³-hybridized carbons (Fsp3) is 0.556. The number of carbonyl (C=O) groups is 2. The Kier molecular flexibility index (Phi) is 4.80. The van der Waals surface area contributed by atoms with Crippen LogP contribution in [0.1, 0.15) is 52.5 Å². The van der Waals surface area contributed by atoms with Crippen molar-refractivity contribution in [1.82, 2.24) is 0 Å². The smallest absolute Gasteiger partial charge is 0.421 e. The average Bonchev–Trinajstić information content (AvgIpc) is 2.72. The Bertz CT molecular complexity index is 605. The van der Waals surface area contributed by atoms with Crippen molar-refractivity contribution in [3.05, 3.63) is 29.8 Å². The average molecular weight is 319 g/mol. The van der Waals surface area contributed by atoms with E-state index in [1.54, 1.807) is 32.9 Å². The Morgan fingerprint density at radius 3 is 2.52 bits per heavy atom. The molecule has 0 fully saturated rings. The maximum Gasteiger partial charge on any atom is 0.421 e. The number of aliphatic hydroxyl groups excluding tert-OH is 1. The van der Waals surface area contributed by atoms with E-state index < -0.39 is 23.0 Å². The normalized spacial score (nSPS) is 20.6. The van der Waals surface area contributed by atoms with Crippen molar-refractivity contribution in [3.8, 4) is 0 Å². The van der Waals surface area contributed by atoms with Gasteiger partial charge in [0, 0.05) is 0 Å². The van der Waals surface area contributed by atoms with Gasteiger partial charge in [-0.25, -0.2) is 9.69 Å². The van der Waals surface area contributed by atoms with Crippen LogP contribution in [0, 0.1) is 0 Å². The first-order valence-corrected chi connectivity index (χ1v) is 8.05. The van der Waals surface area contributed by atoms with Gasteiger partial charge in [-0.05, 0) is 38.8 Å². The van der Waals surface area contributed by atoms with Gasteiger partial charge in [0.05, 0.1) is 12.3 Å². The summed E-state index contributed by atoms with van der Waals surface area (Å²) in [5, 5.41) is 9.99. The molecule has 1 aliphatic rings. The summed E-state index contributed by atoms with van der Waals surface area (Å²) in [6.07, 6.45) is 1.52. The van der Waals surface area contributed by atoms with Crippen LogP contribution >= 0.6 is 0 Å². The topological polar surface area (TPSA) is 66.8 Å². The summed E-state index contributed by atoms with van der Waals surface area (Å²) in [6, 6.07) is 7.13. The van der Waals surface area contributed by atoms with Gasteiger partial charge in [0.25, 0.3) is 0 Å². The fourth-order valence-corrected chi connectivity index (χ4v) is 2.95. The van der Waals surface area contributed by atoms with E-state index in [2.05, 4.69) is 0 Å². The van der Waals surface area contributed by atoms with Gasteiger partial charge in [0.1, 0.15) is 11.0 Å². The molecule has 2 rings (SSSR count). The number of anilines is 1. The second kappa shape index (κ2) is 6.32. The summed E-state index contributed by atoms with van der Waals surface area (Å²) in [4.78, 5) is 26.6. The maximum absolute atomic E-state index is 13.0. The predicted octanol–water partition coefficient (Wildman–Crippen LogP) is 3.39. The minimum atomic E-state index is -1.05. The van der Waals surface area contributed by atoms with Gasteiger partial charge in [0.2, 0.25) is 5.91 Å². The van der Waals surface area contributed by atoms with Crippen LogP contribution in [0.5, 0.6) is 0 Å². The van der Waals surface area contributed by atoms with E-state index >= 15 is 0 Å². The summed E-state index contributed by atoms with van der Waals surface area (Å²) < 4.78 is 5.38. The molecule has 23 heavy (non-hydrogen) atoms. The summed E-state index contributed by atoms with van der Waals surface area (Å²) in [7, 11) is 0. The highest BCUT2D eigenvalue weighted by Gasteiger charge is 2.52. The molecule has 0 saturated heterocycles. The number of benzene rings is 1. The first kappa shape index (κ1) is 17.5. The van der Waals surface area contributed by atoms with Crippen molar-refractivity contribution in [2.75, 3.05) is 11.5 Å². The zero-order valence-electron chi connectivity index (χ0n) is 14.3. The van der Waals surface area contributed by atoms with Crippen LogP contribution in [0.15, 0.2) is 24.3 Å². The van der Waals surface area contributed by atoms with E-state index in [9.17, 15) is 14.7 Å². The second-order valence-electron chi connectivity index (χ2n) is 6.98. The van der Waals surface area contributed by atoms with E-state index in [1.165, 1.54) is 0 Å². The van der Waals surface area contributed by atoms with Gasteiger partial charge in [-0.2, -0.15) is 0 Å². The number of aliphatic hydroxyl groups is 1. The summed E-state index contributed by atoms with van der Waals surface area (Å²) in [5.41, 5.74) is -0.535. The monoisotopic (exact) mass is 319 g/mol. The lowest BCUT2D eigenvalue weighted by atomic mass is 9.78. The van der Waals surface area contributed by atoms with Crippen LogP contribution in [0.3, 0.4) is 0 Å². The molecular formula is C18H25NO4. The molecule has 0 radical (unpaired) electrons. The number of ether oxygens (including phenoxy) is 1. The van der Waals surface area contributed by atoms with Crippen molar-refractivity contribution in [2.45, 2.75) is 58.0 Å². The Balaban J connectivity index is 2.47. The zero-order chi connectivity index (χ0) is 17.3. The highest BCUT2D eigenvalue weighted by Crippen LogP contribution is 2.45. The highest BCUT2D eigenvalue weighted by atomic mass is 16.6. The quantitative estimate of drug-likeness (QED) is 0.924. The molecule has 1 heterocycles. The van der Waals surface area contributed by atoms with Crippen LogP contribution in [0.25, 0.3) is 0 Å². The van der Waals surface area contributed by atoms with E-state index in [1.807, 2.05) is 19.1 Å². The number of fused-ring (bicyclic) bond motifs is 1. The van der Waals surface area contributed by atoms with Crippen LogP contribution in [0.4, 0.5) is 10.5 Å². The molecule has 1 atom stereocenters. The number of para-hydroxylation sites is 1. The molecular weight excluding hydrogens is 294 g/mol. The Labute approximate surface area is 137 Å². The SMILES string of the molecule is CCCC[C@]1(CO)C(=O)N(C(=O)OC(C)(C)C)c2ccccc21. The van der Waals surface area contributed by atoms with Gasteiger partial charge >= 0.3 is 6.09 Å². The molecule has 1 aliphatic heterocycles. The van der Waals surface area contributed by atoms with E-state index in [0.717, 1.165) is 17.7 Å². The fourth-order valence-electron chi connectivity index (χ4n) is 2.95. The molecule has 0 saturated carbocycles. The third kappa shape index (κ3) is 3.11. The molecule has 5 heteroatoms. The van der Waals surface area contributed by atoms with Gasteiger partial charge in [0.15, 0.2) is 0 Å². The lowest BCUT2D eigenvalue weighted by Gasteiger charge is -2.27. The van der Waals surface area contributed by atoms with Crippen LogP contribution in [-0.4, -0.2) is 29.3 Å². The number of hydrogen-bond acceptors (Lipinski definition) is 4. The molecule has 1 aromatic rings. The summed E-state index contributed by atoms with van der Waals surface area (Å²) in [6.45, 7) is 6.99. The Morgan fingerprint density at radius 1 is 1.30 bits per heavy atom. The van der Waals surface area contributed by atoms with Gasteiger partial charge in [-0.1, -0.05) is 38.0 Å². The minimum absolute atomic E-state index is 0.317. The number of nitrogens with zero attached hydrogens (tertiary/aromatic N) is 1. The van der Waals surface area contributed by atoms with Gasteiger partial charge < -0.3 is 9.84 Å². The molecule has 0 unspecified atom stereocenters. The number of amides is 2. The van der Waals surface area contributed by atoms with Crippen molar-refractivity contribution >= 4 is 17.7 Å². The Hall–Kier alpha value is -1.88. The lowest BCUT2D eigenvalue weighted by molar-refractivity contribution is -0.124. The van der Waals surface area contributed by atoms with E-state index in [4.69, 9.17) is 4.74 Å². The molecule has 2 amide bonds. The number of imide groups is 1. The molecule has 5 nitrogen and oxygen atoms in total. The third-order valence-electron chi connectivity index (χ3n) is 4.08. The lowest BCUT2D eigenvalue weighted by Crippen LogP contribution is -2.47. The van der Waals surface area contributed by atoms with Crippen LogP contribution in [-0.2, 0) is 14.9 Å². The van der Waals surface area contributed by atoms with Crippen LogP contribution in [0.2, 0.25) is 0 Å². The molecule has 126 valence electrons. The molecule has 1 aromatic carbocycles. The van der Waals surface area contributed by atoms with Crippen molar-refractivity contribution in [2.24, 2.45) is 0 Å². The number of hydrogen-bond donors (Lipinski definition) is 1. The minimum Gasteiger partial charge on any atom is -0.443 e.